The summed E-state index contributed by atoms with van der Waals surface area (Å²) < 4.78 is 0. The summed E-state index contributed by atoms with van der Waals surface area (Å²) in [6.07, 6.45) is 1.49. The van der Waals surface area contributed by atoms with Crippen LogP contribution >= 0.6 is 0 Å². The minimum absolute atomic E-state index is 0.108. The van der Waals surface area contributed by atoms with Crippen molar-refractivity contribution in [3.63, 3.8) is 0 Å². The van der Waals surface area contributed by atoms with Gasteiger partial charge in [-0.3, -0.25) is 4.79 Å². The Balaban J connectivity index is 2.03. The van der Waals surface area contributed by atoms with Gasteiger partial charge in [0.25, 0.3) is 0 Å². The number of rotatable bonds is 5. The molecular formula is C17H21NO. The Kier molecular flexibility index (Phi) is 4.56. The molecule has 0 unspecified atom stereocenters. The van der Waals surface area contributed by atoms with Crippen LogP contribution in [-0.2, 0) is 11.2 Å². The van der Waals surface area contributed by atoms with E-state index in [9.17, 15) is 4.79 Å². The molecule has 0 saturated carbocycles. The maximum atomic E-state index is 11.9. The van der Waals surface area contributed by atoms with Crippen molar-refractivity contribution >= 4 is 16.7 Å². The van der Waals surface area contributed by atoms with Gasteiger partial charge >= 0.3 is 0 Å². The summed E-state index contributed by atoms with van der Waals surface area (Å²) >= 11 is 0. The molecule has 0 heterocycles. The molecule has 0 aliphatic heterocycles. The molecule has 0 aromatic heterocycles. The lowest BCUT2D eigenvalue weighted by atomic mass is 10.0. The van der Waals surface area contributed by atoms with Gasteiger partial charge in [0.15, 0.2) is 0 Å². The molecule has 2 rings (SSSR count). The lowest BCUT2D eigenvalue weighted by Crippen LogP contribution is -2.26. The average Bonchev–Trinajstić information content (AvgIpc) is 2.39. The zero-order valence-corrected chi connectivity index (χ0v) is 11.6. The number of benzene rings is 2. The number of nitrogens with one attached hydrogen (secondary N) is 1. The van der Waals surface area contributed by atoms with Gasteiger partial charge in [-0.25, -0.2) is 0 Å². The smallest absolute Gasteiger partial charge is 0.224 e. The van der Waals surface area contributed by atoms with Crippen LogP contribution in [0.25, 0.3) is 10.8 Å². The minimum Gasteiger partial charge on any atom is -0.356 e. The van der Waals surface area contributed by atoms with Crippen LogP contribution in [0.15, 0.2) is 42.5 Å². The van der Waals surface area contributed by atoms with E-state index in [2.05, 4.69) is 37.4 Å². The van der Waals surface area contributed by atoms with Gasteiger partial charge in [0.2, 0.25) is 5.91 Å². The highest BCUT2D eigenvalue weighted by atomic mass is 16.1. The van der Waals surface area contributed by atoms with Crippen molar-refractivity contribution in [3.8, 4) is 0 Å². The molecule has 2 aromatic rings. The minimum atomic E-state index is 0.108. The van der Waals surface area contributed by atoms with Crippen molar-refractivity contribution in [2.45, 2.75) is 26.7 Å². The summed E-state index contributed by atoms with van der Waals surface area (Å²) in [5.74, 6) is 0.731. The molecule has 1 N–H and O–H groups in total. The monoisotopic (exact) mass is 255 g/mol. The van der Waals surface area contributed by atoms with Gasteiger partial charge in [0.05, 0.1) is 6.42 Å². The molecule has 2 aromatic carbocycles. The van der Waals surface area contributed by atoms with Crippen LogP contribution in [0.5, 0.6) is 0 Å². The quantitative estimate of drug-likeness (QED) is 0.870. The number of carbonyl (C=O) groups excluding carboxylic acids is 1. The van der Waals surface area contributed by atoms with Crippen molar-refractivity contribution in [1.29, 1.82) is 0 Å². The molecule has 1 amide bonds. The van der Waals surface area contributed by atoms with Crippen molar-refractivity contribution in [2.75, 3.05) is 6.54 Å². The first kappa shape index (κ1) is 13.6. The van der Waals surface area contributed by atoms with Gasteiger partial charge in [-0.05, 0) is 28.7 Å². The Hall–Kier alpha value is -1.83. The molecule has 0 aliphatic carbocycles. The van der Waals surface area contributed by atoms with E-state index in [-0.39, 0.29) is 5.91 Å². The summed E-state index contributed by atoms with van der Waals surface area (Å²) in [6, 6.07) is 14.3. The first-order valence-corrected chi connectivity index (χ1v) is 6.90. The largest absolute Gasteiger partial charge is 0.356 e. The Morgan fingerprint density at radius 3 is 2.63 bits per heavy atom. The van der Waals surface area contributed by atoms with E-state index < -0.39 is 0 Å². The fourth-order valence-corrected chi connectivity index (χ4v) is 2.18. The summed E-state index contributed by atoms with van der Waals surface area (Å²) in [6.45, 7) is 5.09. The van der Waals surface area contributed by atoms with Gasteiger partial charge in [0.1, 0.15) is 0 Å². The first-order valence-electron chi connectivity index (χ1n) is 6.90. The van der Waals surface area contributed by atoms with E-state index in [1.807, 2.05) is 24.3 Å². The van der Waals surface area contributed by atoms with Crippen LogP contribution < -0.4 is 5.32 Å². The summed E-state index contributed by atoms with van der Waals surface area (Å²) in [7, 11) is 0. The van der Waals surface area contributed by atoms with Crippen LogP contribution in [0.2, 0.25) is 0 Å². The summed E-state index contributed by atoms with van der Waals surface area (Å²) in [5.41, 5.74) is 1.10. The van der Waals surface area contributed by atoms with E-state index in [1.165, 1.54) is 10.8 Å². The number of hydrogen-bond donors (Lipinski definition) is 1. The maximum absolute atomic E-state index is 11.9. The van der Waals surface area contributed by atoms with Crippen molar-refractivity contribution < 1.29 is 4.79 Å². The van der Waals surface area contributed by atoms with E-state index in [0.29, 0.717) is 12.3 Å². The van der Waals surface area contributed by atoms with E-state index in [1.54, 1.807) is 0 Å². The highest BCUT2D eigenvalue weighted by molar-refractivity contribution is 5.90. The van der Waals surface area contributed by atoms with E-state index in [4.69, 9.17) is 0 Å². The lowest BCUT2D eigenvalue weighted by molar-refractivity contribution is -0.120. The molecule has 19 heavy (non-hydrogen) atoms. The number of amides is 1. The molecule has 0 saturated heterocycles. The third-order valence-corrected chi connectivity index (χ3v) is 3.27. The average molecular weight is 255 g/mol. The fraction of sp³-hybridized carbons (Fsp3) is 0.353. The standard InChI is InChI=1S/C17H21NO/c1-13(2)10-11-18-17(19)12-15-8-5-7-14-6-3-4-9-16(14)15/h3-9,13H,10-12H2,1-2H3,(H,18,19). The van der Waals surface area contributed by atoms with E-state index in [0.717, 1.165) is 18.5 Å². The highest BCUT2D eigenvalue weighted by Gasteiger charge is 2.06. The molecule has 0 radical (unpaired) electrons. The van der Waals surface area contributed by atoms with Crippen molar-refractivity contribution in [2.24, 2.45) is 5.92 Å². The highest BCUT2D eigenvalue weighted by Crippen LogP contribution is 2.18. The second-order valence-corrected chi connectivity index (χ2v) is 5.35. The molecule has 100 valence electrons. The topological polar surface area (TPSA) is 29.1 Å². The van der Waals surface area contributed by atoms with Gasteiger partial charge in [-0.15, -0.1) is 0 Å². The zero-order valence-electron chi connectivity index (χ0n) is 11.6. The van der Waals surface area contributed by atoms with Gasteiger partial charge in [-0.2, -0.15) is 0 Å². The Labute approximate surface area is 114 Å². The molecule has 0 spiro atoms. The third-order valence-electron chi connectivity index (χ3n) is 3.27. The van der Waals surface area contributed by atoms with Crippen molar-refractivity contribution in [3.05, 3.63) is 48.0 Å². The second-order valence-electron chi connectivity index (χ2n) is 5.35. The molecule has 0 atom stereocenters. The Morgan fingerprint density at radius 2 is 1.84 bits per heavy atom. The van der Waals surface area contributed by atoms with Crippen LogP contribution in [0.1, 0.15) is 25.8 Å². The third kappa shape index (κ3) is 3.82. The fourth-order valence-electron chi connectivity index (χ4n) is 2.18. The van der Waals surface area contributed by atoms with Crippen molar-refractivity contribution in [1.82, 2.24) is 5.32 Å². The Bertz CT molecular complexity index is 555. The predicted octanol–water partition coefficient (Wildman–Crippen LogP) is 3.54. The predicted molar refractivity (Wildman–Crippen MR) is 80.1 cm³/mol. The number of fused-ring (bicyclic) bond motifs is 1. The maximum Gasteiger partial charge on any atom is 0.224 e. The zero-order chi connectivity index (χ0) is 13.7. The van der Waals surface area contributed by atoms with Crippen LogP contribution in [0.3, 0.4) is 0 Å². The van der Waals surface area contributed by atoms with Gasteiger partial charge in [0, 0.05) is 6.54 Å². The normalized spacial score (nSPS) is 10.9. The molecule has 0 fully saturated rings. The summed E-state index contributed by atoms with van der Waals surface area (Å²) in [5, 5.41) is 5.35. The molecule has 2 nitrogen and oxygen atoms in total. The molecule has 2 heteroatoms. The number of hydrogen-bond acceptors (Lipinski definition) is 1. The van der Waals surface area contributed by atoms with Gasteiger partial charge < -0.3 is 5.32 Å². The van der Waals surface area contributed by atoms with Crippen LogP contribution in [-0.4, -0.2) is 12.5 Å². The first-order chi connectivity index (χ1) is 9.16. The van der Waals surface area contributed by atoms with Crippen LogP contribution in [0.4, 0.5) is 0 Å². The number of carbonyl (C=O) groups is 1. The summed E-state index contributed by atoms with van der Waals surface area (Å²) in [4.78, 5) is 11.9. The SMILES string of the molecule is CC(C)CCNC(=O)Cc1cccc2ccccc12. The second kappa shape index (κ2) is 6.37. The molecular weight excluding hydrogens is 234 g/mol. The van der Waals surface area contributed by atoms with Crippen LogP contribution in [0, 0.1) is 5.92 Å². The Morgan fingerprint density at radius 1 is 1.11 bits per heavy atom. The molecule has 0 bridgehead atoms. The van der Waals surface area contributed by atoms with Gasteiger partial charge in [-0.1, -0.05) is 56.3 Å². The lowest BCUT2D eigenvalue weighted by Gasteiger charge is -2.09. The molecule has 0 aliphatic rings. The van der Waals surface area contributed by atoms with E-state index >= 15 is 0 Å².